The highest BCUT2D eigenvalue weighted by Crippen LogP contribution is 2.30. The van der Waals surface area contributed by atoms with E-state index in [4.69, 9.17) is 18.9 Å². The normalized spacial score (nSPS) is 25.9. The second-order valence-corrected chi connectivity index (χ2v) is 20.8. The standard InChI is InChI=1S/C57H107NO13/c1-3-5-7-9-11-13-15-17-19-20-21-22-23-24-25-27-28-30-32-34-36-38-40-46(61)45(58-49(62)41-39-37-35-33-31-29-26-18-16-14-12-10-8-6-4-2)44-68-56-54(67)52(65)55(48(43-60)70-56)71-57-53(66)51(64)50(63)47(42-59)69-57/h30,32,38,40,45-48,50-57,59-61,63-67H,3-29,31,33-37,39,41-44H2,1-2H3,(H,58,62)/b32-30+,40-38+. The van der Waals surface area contributed by atoms with Gasteiger partial charge in [0, 0.05) is 6.42 Å². The van der Waals surface area contributed by atoms with E-state index < -0.39 is 86.8 Å². The van der Waals surface area contributed by atoms with Crippen molar-refractivity contribution in [1.82, 2.24) is 5.32 Å². The summed E-state index contributed by atoms with van der Waals surface area (Å²) < 4.78 is 22.7. The summed E-state index contributed by atoms with van der Waals surface area (Å²) in [5.41, 5.74) is 0. The Morgan fingerprint density at radius 2 is 0.901 bits per heavy atom. The van der Waals surface area contributed by atoms with Gasteiger partial charge in [0.05, 0.1) is 32.0 Å². The molecule has 12 unspecified atom stereocenters. The molecule has 0 aliphatic carbocycles. The molecule has 0 aromatic carbocycles. The molecule has 0 aromatic rings. The van der Waals surface area contributed by atoms with Crippen LogP contribution in [-0.2, 0) is 23.7 Å². The topological polar surface area (TPSA) is 228 Å². The van der Waals surface area contributed by atoms with E-state index in [1.807, 2.05) is 6.08 Å². The van der Waals surface area contributed by atoms with Gasteiger partial charge in [0.15, 0.2) is 12.6 Å². The zero-order chi connectivity index (χ0) is 51.7. The Labute approximate surface area is 430 Å². The molecule has 14 nitrogen and oxygen atoms in total. The fourth-order valence-corrected chi connectivity index (χ4v) is 9.66. The average molecular weight is 1010 g/mol. The Morgan fingerprint density at radius 1 is 0.493 bits per heavy atom. The molecular formula is C57H107NO13. The lowest BCUT2D eigenvalue weighted by Crippen LogP contribution is -2.65. The third-order valence-corrected chi connectivity index (χ3v) is 14.4. The van der Waals surface area contributed by atoms with Gasteiger partial charge in [-0.2, -0.15) is 0 Å². The molecule has 418 valence electrons. The smallest absolute Gasteiger partial charge is 0.220 e. The quantitative estimate of drug-likeness (QED) is 0.0205. The van der Waals surface area contributed by atoms with E-state index in [2.05, 4.69) is 31.3 Å². The number of carbonyl (C=O) groups excluding carboxylic acids is 1. The lowest BCUT2D eigenvalue weighted by atomic mass is 9.97. The highest BCUT2D eigenvalue weighted by molar-refractivity contribution is 5.76. The number of nitrogens with one attached hydrogen (secondary N) is 1. The van der Waals surface area contributed by atoms with Crippen LogP contribution in [0, 0.1) is 0 Å². The monoisotopic (exact) mass is 1010 g/mol. The van der Waals surface area contributed by atoms with Crippen molar-refractivity contribution < 1.29 is 64.6 Å². The van der Waals surface area contributed by atoms with Gasteiger partial charge >= 0.3 is 0 Å². The zero-order valence-corrected chi connectivity index (χ0v) is 44.7. The first-order valence-corrected chi connectivity index (χ1v) is 29.1. The van der Waals surface area contributed by atoms with Crippen LogP contribution in [-0.4, -0.2) is 140 Å². The van der Waals surface area contributed by atoms with Crippen molar-refractivity contribution in [3.63, 3.8) is 0 Å². The van der Waals surface area contributed by atoms with Crippen LogP contribution in [0.3, 0.4) is 0 Å². The van der Waals surface area contributed by atoms with E-state index in [1.54, 1.807) is 6.08 Å². The number of aliphatic hydroxyl groups excluding tert-OH is 8. The molecule has 2 heterocycles. The molecule has 0 spiro atoms. The maximum Gasteiger partial charge on any atom is 0.220 e. The molecule has 0 bridgehead atoms. The number of unbranched alkanes of at least 4 members (excludes halogenated alkanes) is 31. The van der Waals surface area contributed by atoms with Gasteiger partial charge in [0.1, 0.15) is 48.8 Å². The predicted octanol–water partition coefficient (Wildman–Crippen LogP) is 9.28. The minimum Gasteiger partial charge on any atom is -0.394 e. The van der Waals surface area contributed by atoms with Gasteiger partial charge in [0.2, 0.25) is 5.91 Å². The van der Waals surface area contributed by atoms with Crippen LogP contribution in [0.25, 0.3) is 0 Å². The summed E-state index contributed by atoms with van der Waals surface area (Å²) in [5, 5.41) is 87.0. The van der Waals surface area contributed by atoms with Gasteiger partial charge in [-0.05, 0) is 32.1 Å². The molecule has 2 aliphatic rings. The van der Waals surface area contributed by atoms with Crippen LogP contribution in [0.5, 0.6) is 0 Å². The molecule has 2 saturated heterocycles. The number of rotatable bonds is 46. The summed E-state index contributed by atoms with van der Waals surface area (Å²) >= 11 is 0. The number of ether oxygens (including phenoxy) is 4. The van der Waals surface area contributed by atoms with Gasteiger partial charge in [0.25, 0.3) is 0 Å². The number of aliphatic hydroxyl groups is 8. The van der Waals surface area contributed by atoms with Crippen LogP contribution in [0.4, 0.5) is 0 Å². The van der Waals surface area contributed by atoms with Gasteiger partial charge in [-0.15, -0.1) is 0 Å². The number of hydrogen-bond donors (Lipinski definition) is 9. The summed E-state index contributed by atoms with van der Waals surface area (Å²) in [4.78, 5) is 13.2. The largest absolute Gasteiger partial charge is 0.394 e. The minimum atomic E-state index is -1.79. The SMILES string of the molecule is CCCCCCCCCCCCCCCCCC/C=C/CC/C=C/C(O)C(COC1OC(CO)C(OC2OC(CO)C(O)C(O)C2O)C(O)C1O)NC(=O)CCCCCCCCCCCCCCCCC. The Morgan fingerprint density at radius 3 is 1.38 bits per heavy atom. The van der Waals surface area contributed by atoms with Crippen molar-refractivity contribution in [2.24, 2.45) is 0 Å². The third kappa shape index (κ3) is 30.0. The van der Waals surface area contributed by atoms with Gasteiger partial charge in [-0.1, -0.05) is 224 Å². The number of hydrogen-bond acceptors (Lipinski definition) is 13. The summed E-state index contributed by atoms with van der Waals surface area (Å²) in [6, 6.07) is -0.927. The lowest BCUT2D eigenvalue weighted by Gasteiger charge is -2.46. The van der Waals surface area contributed by atoms with E-state index >= 15 is 0 Å². The number of allylic oxidation sites excluding steroid dienone is 3. The van der Waals surface area contributed by atoms with Crippen LogP contribution in [0.1, 0.15) is 239 Å². The molecule has 0 radical (unpaired) electrons. The van der Waals surface area contributed by atoms with Crippen molar-refractivity contribution in [2.75, 3.05) is 19.8 Å². The molecule has 2 fully saturated rings. The minimum absolute atomic E-state index is 0.246. The first-order valence-electron chi connectivity index (χ1n) is 29.1. The molecule has 2 aliphatic heterocycles. The van der Waals surface area contributed by atoms with Crippen molar-refractivity contribution >= 4 is 5.91 Å². The fourth-order valence-electron chi connectivity index (χ4n) is 9.66. The first kappa shape index (κ1) is 65.6. The van der Waals surface area contributed by atoms with Crippen molar-refractivity contribution in [1.29, 1.82) is 0 Å². The van der Waals surface area contributed by atoms with Crippen LogP contribution < -0.4 is 5.32 Å². The molecule has 0 aromatic heterocycles. The molecule has 14 heteroatoms. The molecule has 2 rings (SSSR count). The van der Waals surface area contributed by atoms with E-state index in [0.29, 0.717) is 12.8 Å². The number of carbonyl (C=O) groups is 1. The average Bonchev–Trinajstić information content (AvgIpc) is 3.37. The van der Waals surface area contributed by atoms with E-state index in [1.165, 1.54) is 173 Å². The van der Waals surface area contributed by atoms with E-state index in [-0.39, 0.29) is 18.9 Å². The van der Waals surface area contributed by atoms with E-state index in [9.17, 15) is 45.6 Å². The Bertz CT molecular complexity index is 1290. The maximum absolute atomic E-state index is 13.2. The highest BCUT2D eigenvalue weighted by Gasteiger charge is 2.51. The predicted molar refractivity (Wildman–Crippen MR) is 282 cm³/mol. The summed E-state index contributed by atoms with van der Waals surface area (Å²) in [6.45, 7) is 2.80. The molecule has 71 heavy (non-hydrogen) atoms. The van der Waals surface area contributed by atoms with Crippen molar-refractivity contribution in [3.05, 3.63) is 24.3 Å². The Hall–Kier alpha value is -1.53. The fraction of sp³-hybridized carbons (Fsp3) is 0.912. The summed E-state index contributed by atoms with van der Waals surface area (Å²) in [7, 11) is 0. The van der Waals surface area contributed by atoms with Crippen LogP contribution >= 0.6 is 0 Å². The van der Waals surface area contributed by atoms with Gasteiger partial charge in [-0.3, -0.25) is 4.79 Å². The highest BCUT2D eigenvalue weighted by atomic mass is 16.7. The van der Waals surface area contributed by atoms with Crippen LogP contribution in [0.15, 0.2) is 24.3 Å². The molecule has 1 amide bonds. The van der Waals surface area contributed by atoms with Crippen LogP contribution in [0.2, 0.25) is 0 Å². The Kier molecular flexibility index (Phi) is 40.4. The van der Waals surface area contributed by atoms with E-state index in [0.717, 1.165) is 32.1 Å². The first-order chi connectivity index (χ1) is 34.6. The lowest BCUT2D eigenvalue weighted by molar-refractivity contribution is -0.359. The van der Waals surface area contributed by atoms with Gasteiger partial charge < -0.3 is 65.1 Å². The third-order valence-electron chi connectivity index (χ3n) is 14.4. The summed E-state index contributed by atoms with van der Waals surface area (Å²) in [6.07, 6.45) is 33.6. The van der Waals surface area contributed by atoms with Crippen molar-refractivity contribution in [2.45, 2.75) is 312 Å². The second-order valence-electron chi connectivity index (χ2n) is 20.8. The maximum atomic E-state index is 13.2. The Balaban J connectivity index is 1.79. The summed E-state index contributed by atoms with van der Waals surface area (Å²) in [5.74, 6) is -0.246. The number of amides is 1. The molecular weight excluding hydrogens is 907 g/mol. The van der Waals surface area contributed by atoms with Crippen molar-refractivity contribution in [3.8, 4) is 0 Å². The second kappa shape index (κ2) is 43.7. The zero-order valence-electron chi connectivity index (χ0n) is 44.7. The molecule has 0 saturated carbocycles. The molecule has 12 atom stereocenters. The molecule has 9 N–H and O–H groups in total. The van der Waals surface area contributed by atoms with Gasteiger partial charge in [-0.25, -0.2) is 0 Å².